The Hall–Kier alpha value is -1.99. The van der Waals surface area contributed by atoms with E-state index in [2.05, 4.69) is 4.74 Å². The summed E-state index contributed by atoms with van der Waals surface area (Å²) in [5.74, 6) is -0.623. The van der Waals surface area contributed by atoms with Crippen LogP contribution in [0.3, 0.4) is 0 Å². The van der Waals surface area contributed by atoms with Gasteiger partial charge in [-0.3, -0.25) is 9.10 Å². The number of benzene rings is 2. The van der Waals surface area contributed by atoms with Crippen LogP contribution in [0, 0.1) is 13.8 Å². The van der Waals surface area contributed by atoms with Crippen molar-refractivity contribution in [3.8, 4) is 0 Å². The van der Waals surface area contributed by atoms with Gasteiger partial charge in [0.05, 0.1) is 17.7 Å². The summed E-state index contributed by atoms with van der Waals surface area (Å²) in [6.45, 7) is 3.46. The molecule has 7 heteroatoms. The molecule has 2 aromatic carbocycles. The van der Waals surface area contributed by atoms with Crippen molar-refractivity contribution >= 4 is 33.4 Å². The van der Waals surface area contributed by atoms with Gasteiger partial charge in [-0.25, -0.2) is 8.42 Å². The summed E-state index contributed by atoms with van der Waals surface area (Å²) in [7, 11) is -2.65. The molecule has 0 spiro atoms. The summed E-state index contributed by atoms with van der Waals surface area (Å²) in [6, 6.07) is 11.9. The highest BCUT2D eigenvalue weighted by molar-refractivity contribution is 7.98. The maximum atomic E-state index is 13.1. The minimum absolute atomic E-state index is 0.132. The lowest BCUT2D eigenvalue weighted by molar-refractivity contribution is -0.138. The Kier molecular flexibility index (Phi) is 6.13. The van der Waals surface area contributed by atoms with Crippen LogP contribution in [0.5, 0.6) is 0 Å². The van der Waals surface area contributed by atoms with Crippen LogP contribution < -0.4 is 4.31 Å². The molecule has 0 fully saturated rings. The third-order valence-corrected chi connectivity index (χ3v) is 6.46. The lowest BCUT2D eigenvalue weighted by Crippen LogP contribution is -2.36. The maximum Gasteiger partial charge on any atom is 0.326 e. The number of hydrogen-bond acceptors (Lipinski definition) is 5. The number of rotatable bonds is 6. The molecule has 0 heterocycles. The third kappa shape index (κ3) is 4.35. The van der Waals surface area contributed by atoms with E-state index in [0.717, 1.165) is 20.3 Å². The van der Waals surface area contributed by atoms with Gasteiger partial charge in [-0.2, -0.15) is 0 Å². The van der Waals surface area contributed by atoms with E-state index in [4.69, 9.17) is 0 Å². The predicted molar refractivity (Wildman–Crippen MR) is 101 cm³/mol. The first-order valence-corrected chi connectivity index (χ1v) is 10.3. The van der Waals surface area contributed by atoms with E-state index in [9.17, 15) is 13.2 Å². The van der Waals surface area contributed by atoms with Gasteiger partial charge in [-0.05, 0) is 67.6 Å². The summed E-state index contributed by atoms with van der Waals surface area (Å²) in [5.41, 5.74) is 2.42. The number of methoxy groups -OCH3 is 1. The van der Waals surface area contributed by atoms with Crippen LogP contribution in [0.2, 0.25) is 0 Å². The molecular formula is C18H21NO4S2. The molecule has 0 radical (unpaired) electrons. The fourth-order valence-corrected chi connectivity index (χ4v) is 4.06. The molecule has 0 aromatic heterocycles. The van der Waals surface area contributed by atoms with Gasteiger partial charge in [-0.1, -0.05) is 6.07 Å². The molecular weight excluding hydrogens is 358 g/mol. The van der Waals surface area contributed by atoms with Gasteiger partial charge < -0.3 is 4.74 Å². The third-order valence-electron chi connectivity index (χ3n) is 3.93. The summed E-state index contributed by atoms with van der Waals surface area (Å²) in [4.78, 5) is 12.9. The number of sulfonamides is 1. The van der Waals surface area contributed by atoms with Gasteiger partial charge in [0.2, 0.25) is 0 Å². The Bertz CT molecular complexity index is 861. The zero-order valence-corrected chi connectivity index (χ0v) is 16.3. The van der Waals surface area contributed by atoms with E-state index < -0.39 is 16.0 Å². The van der Waals surface area contributed by atoms with Crippen LogP contribution in [0.15, 0.2) is 52.3 Å². The molecule has 0 N–H and O–H groups in total. The van der Waals surface area contributed by atoms with Crippen LogP contribution in [-0.2, 0) is 19.6 Å². The van der Waals surface area contributed by atoms with Crippen LogP contribution in [0.25, 0.3) is 0 Å². The van der Waals surface area contributed by atoms with Crippen molar-refractivity contribution < 1.29 is 17.9 Å². The normalized spacial score (nSPS) is 11.2. The monoisotopic (exact) mass is 379 g/mol. The van der Waals surface area contributed by atoms with E-state index in [0.29, 0.717) is 5.69 Å². The van der Waals surface area contributed by atoms with E-state index >= 15 is 0 Å². The maximum absolute atomic E-state index is 13.1. The fourth-order valence-electron chi connectivity index (χ4n) is 2.25. The Morgan fingerprint density at radius 2 is 1.72 bits per heavy atom. The fraction of sp³-hybridized carbons (Fsp3) is 0.278. The molecule has 0 aliphatic carbocycles. The van der Waals surface area contributed by atoms with Crippen LogP contribution in [0.4, 0.5) is 5.69 Å². The minimum atomic E-state index is -3.89. The molecule has 25 heavy (non-hydrogen) atoms. The second-order valence-corrected chi connectivity index (χ2v) is 8.27. The molecule has 0 amide bonds. The van der Waals surface area contributed by atoms with Gasteiger partial charge in [0.25, 0.3) is 10.0 Å². The number of thioether (sulfide) groups is 1. The average Bonchev–Trinajstić information content (AvgIpc) is 2.61. The number of hydrogen-bond donors (Lipinski definition) is 0. The van der Waals surface area contributed by atoms with Gasteiger partial charge in [0.1, 0.15) is 6.54 Å². The van der Waals surface area contributed by atoms with Crippen LogP contribution >= 0.6 is 11.8 Å². The van der Waals surface area contributed by atoms with Crippen molar-refractivity contribution in [1.82, 2.24) is 0 Å². The van der Waals surface area contributed by atoms with Crippen molar-refractivity contribution in [2.75, 3.05) is 24.2 Å². The number of nitrogens with zero attached hydrogens (tertiary/aromatic N) is 1. The Labute approximate surface area is 153 Å². The number of esters is 1. The van der Waals surface area contributed by atoms with Crippen LogP contribution in [0.1, 0.15) is 11.1 Å². The standard InChI is InChI=1S/C18H21NO4S2/c1-13-5-6-15(11-14(13)2)19(12-18(20)23-3)25(21,22)17-9-7-16(24-4)8-10-17/h5-11H,12H2,1-4H3. The molecule has 5 nitrogen and oxygen atoms in total. The van der Waals surface area contributed by atoms with Gasteiger partial charge in [-0.15, -0.1) is 11.8 Å². The summed E-state index contributed by atoms with van der Waals surface area (Å²) in [5, 5.41) is 0. The summed E-state index contributed by atoms with van der Waals surface area (Å²) in [6.07, 6.45) is 1.92. The molecule has 2 rings (SSSR count). The minimum Gasteiger partial charge on any atom is -0.468 e. The van der Waals surface area contributed by atoms with Crippen molar-refractivity contribution in [2.24, 2.45) is 0 Å². The topological polar surface area (TPSA) is 63.7 Å². The smallest absolute Gasteiger partial charge is 0.326 e. The zero-order valence-electron chi connectivity index (χ0n) is 14.6. The van der Waals surface area contributed by atoms with Gasteiger partial charge in [0, 0.05) is 4.90 Å². The second-order valence-electron chi connectivity index (χ2n) is 5.53. The molecule has 0 aliphatic rings. The van der Waals surface area contributed by atoms with Crippen molar-refractivity contribution in [3.63, 3.8) is 0 Å². The van der Waals surface area contributed by atoms with Gasteiger partial charge >= 0.3 is 5.97 Å². The number of anilines is 1. The zero-order chi connectivity index (χ0) is 18.6. The lowest BCUT2D eigenvalue weighted by Gasteiger charge is -2.24. The quantitative estimate of drug-likeness (QED) is 0.569. The first-order chi connectivity index (χ1) is 11.8. The number of carbonyl (C=O) groups excluding carboxylic acids is 1. The number of aryl methyl sites for hydroxylation is 2. The largest absolute Gasteiger partial charge is 0.468 e. The van der Waals surface area contributed by atoms with Crippen molar-refractivity contribution in [2.45, 2.75) is 23.6 Å². The van der Waals surface area contributed by atoms with Crippen molar-refractivity contribution in [1.29, 1.82) is 0 Å². The molecule has 0 saturated heterocycles. The predicted octanol–water partition coefficient (Wildman–Crippen LogP) is 3.39. The summed E-state index contributed by atoms with van der Waals surface area (Å²) >= 11 is 1.53. The Morgan fingerprint density at radius 3 is 2.24 bits per heavy atom. The number of carbonyl (C=O) groups is 1. The van der Waals surface area contributed by atoms with E-state index in [1.54, 1.807) is 36.4 Å². The van der Waals surface area contributed by atoms with Gasteiger partial charge in [0.15, 0.2) is 0 Å². The highest BCUT2D eigenvalue weighted by atomic mass is 32.2. The highest BCUT2D eigenvalue weighted by Crippen LogP contribution is 2.27. The number of ether oxygens (including phenoxy) is 1. The highest BCUT2D eigenvalue weighted by Gasteiger charge is 2.27. The molecule has 0 bridgehead atoms. The molecule has 2 aromatic rings. The summed E-state index contributed by atoms with van der Waals surface area (Å²) < 4.78 is 31.9. The lowest BCUT2D eigenvalue weighted by atomic mass is 10.1. The van der Waals surface area contributed by atoms with E-state index in [-0.39, 0.29) is 11.4 Å². The first-order valence-electron chi connectivity index (χ1n) is 7.60. The van der Waals surface area contributed by atoms with E-state index in [1.165, 1.54) is 18.9 Å². The second kappa shape index (κ2) is 7.93. The molecule has 0 unspecified atom stereocenters. The van der Waals surface area contributed by atoms with E-state index in [1.807, 2.05) is 26.2 Å². The molecule has 134 valence electrons. The van der Waals surface area contributed by atoms with Crippen molar-refractivity contribution in [3.05, 3.63) is 53.6 Å². The molecule has 0 atom stereocenters. The average molecular weight is 380 g/mol. The van der Waals surface area contributed by atoms with Crippen LogP contribution in [-0.4, -0.2) is 34.3 Å². The molecule has 0 saturated carbocycles. The SMILES string of the molecule is COC(=O)CN(c1ccc(C)c(C)c1)S(=O)(=O)c1ccc(SC)cc1. The molecule has 0 aliphatic heterocycles. The first kappa shape index (κ1) is 19.3. The Morgan fingerprint density at radius 1 is 1.08 bits per heavy atom. The Balaban J connectivity index is 2.52.